The van der Waals surface area contributed by atoms with Gasteiger partial charge in [0.05, 0.1) is 12.8 Å². The summed E-state index contributed by atoms with van der Waals surface area (Å²) in [5.74, 6) is 1.62. The minimum atomic E-state index is 0.477. The standard InChI is InChI=1S/C14H13N5O/c1-20-14-10(11(8-2-3-8)17-7-18-14)13-16-6-9-4-5-15-12(9)19-13/h4-8H,2-3H2,1H3,(H,15,16,19). The molecule has 1 aliphatic carbocycles. The third-order valence-corrected chi connectivity index (χ3v) is 3.52. The first-order valence-corrected chi connectivity index (χ1v) is 6.56. The zero-order valence-electron chi connectivity index (χ0n) is 11.0. The molecule has 100 valence electrons. The zero-order chi connectivity index (χ0) is 13.5. The molecule has 3 aromatic rings. The van der Waals surface area contributed by atoms with E-state index in [0.29, 0.717) is 17.6 Å². The number of ether oxygens (including phenoxy) is 1. The molecule has 20 heavy (non-hydrogen) atoms. The van der Waals surface area contributed by atoms with E-state index in [2.05, 4.69) is 24.9 Å². The number of nitrogens with one attached hydrogen (secondary N) is 1. The van der Waals surface area contributed by atoms with E-state index in [4.69, 9.17) is 4.74 Å². The van der Waals surface area contributed by atoms with Crippen molar-refractivity contribution in [2.75, 3.05) is 7.11 Å². The molecule has 0 atom stereocenters. The SMILES string of the molecule is COc1ncnc(C2CC2)c1-c1ncc2cc[nH]c2n1. The first-order chi connectivity index (χ1) is 9.86. The van der Waals surface area contributed by atoms with Crippen LogP contribution in [0.3, 0.4) is 0 Å². The Labute approximate surface area is 115 Å². The van der Waals surface area contributed by atoms with Crippen molar-refractivity contribution in [1.29, 1.82) is 0 Å². The van der Waals surface area contributed by atoms with Gasteiger partial charge >= 0.3 is 0 Å². The van der Waals surface area contributed by atoms with Crippen LogP contribution in [-0.2, 0) is 0 Å². The van der Waals surface area contributed by atoms with E-state index in [0.717, 1.165) is 35.1 Å². The van der Waals surface area contributed by atoms with Crippen molar-refractivity contribution in [1.82, 2.24) is 24.9 Å². The number of aromatic amines is 1. The predicted octanol–water partition coefficient (Wildman–Crippen LogP) is 2.30. The maximum absolute atomic E-state index is 5.37. The third kappa shape index (κ3) is 1.72. The summed E-state index contributed by atoms with van der Waals surface area (Å²) in [5.41, 5.74) is 2.61. The number of H-pyrrole nitrogens is 1. The van der Waals surface area contributed by atoms with Gasteiger partial charge in [0.2, 0.25) is 5.88 Å². The molecule has 0 spiro atoms. The summed E-state index contributed by atoms with van der Waals surface area (Å²) in [4.78, 5) is 20.7. The summed E-state index contributed by atoms with van der Waals surface area (Å²) >= 11 is 0. The maximum atomic E-state index is 5.37. The molecule has 3 heterocycles. The molecule has 0 aliphatic heterocycles. The largest absolute Gasteiger partial charge is 0.480 e. The Balaban J connectivity index is 1.95. The summed E-state index contributed by atoms with van der Waals surface area (Å²) in [7, 11) is 1.61. The van der Waals surface area contributed by atoms with E-state index < -0.39 is 0 Å². The normalized spacial score (nSPS) is 14.7. The van der Waals surface area contributed by atoms with E-state index in [1.54, 1.807) is 19.6 Å². The Bertz CT molecular complexity index is 778. The predicted molar refractivity (Wildman–Crippen MR) is 73.4 cm³/mol. The second-order valence-corrected chi connectivity index (χ2v) is 4.89. The van der Waals surface area contributed by atoms with Gasteiger partial charge in [-0.3, -0.25) is 0 Å². The highest BCUT2D eigenvalue weighted by Crippen LogP contribution is 2.44. The van der Waals surface area contributed by atoms with Gasteiger partial charge in [-0.05, 0) is 18.9 Å². The zero-order valence-corrected chi connectivity index (χ0v) is 11.0. The van der Waals surface area contributed by atoms with Crippen LogP contribution < -0.4 is 4.74 Å². The molecule has 1 fully saturated rings. The molecule has 1 aliphatic rings. The molecule has 0 radical (unpaired) electrons. The quantitative estimate of drug-likeness (QED) is 0.788. The molecular formula is C14H13N5O. The van der Waals surface area contributed by atoms with Crippen molar-refractivity contribution in [2.24, 2.45) is 0 Å². The van der Waals surface area contributed by atoms with Crippen LogP contribution >= 0.6 is 0 Å². The molecule has 1 saturated carbocycles. The molecule has 0 amide bonds. The molecule has 0 saturated heterocycles. The topological polar surface area (TPSA) is 76.6 Å². The summed E-state index contributed by atoms with van der Waals surface area (Å²) in [6.07, 6.45) is 7.50. The second-order valence-electron chi connectivity index (χ2n) is 4.89. The molecule has 1 N–H and O–H groups in total. The van der Waals surface area contributed by atoms with Crippen molar-refractivity contribution < 1.29 is 4.74 Å². The summed E-state index contributed by atoms with van der Waals surface area (Å²) in [6, 6.07) is 1.94. The molecule has 6 heteroatoms. The van der Waals surface area contributed by atoms with E-state index in [1.165, 1.54) is 0 Å². The summed E-state index contributed by atoms with van der Waals surface area (Å²) in [5, 5.41) is 0.984. The number of hydrogen-bond acceptors (Lipinski definition) is 5. The van der Waals surface area contributed by atoms with E-state index in [-0.39, 0.29) is 0 Å². The Morgan fingerprint density at radius 3 is 2.95 bits per heavy atom. The van der Waals surface area contributed by atoms with Crippen molar-refractivity contribution in [3.8, 4) is 17.3 Å². The fourth-order valence-electron chi connectivity index (χ4n) is 2.37. The van der Waals surface area contributed by atoms with Crippen LogP contribution in [0.4, 0.5) is 0 Å². The fourth-order valence-corrected chi connectivity index (χ4v) is 2.37. The lowest BCUT2D eigenvalue weighted by molar-refractivity contribution is 0.397. The Morgan fingerprint density at radius 2 is 2.15 bits per heavy atom. The minimum absolute atomic E-state index is 0.477. The van der Waals surface area contributed by atoms with Gasteiger partial charge in [-0.2, -0.15) is 0 Å². The minimum Gasteiger partial charge on any atom is -0.480 e. The van der Waals surface area contributed by atoms with Gasteiger partial charge in [0.25, 0.3) is 0 Å². The van der Waals surface area contributed by atoms with Gasteiger partial charge in [-0.15, -0.1) is 0 Å². The van der Waals surface area contributed by atoms with Crippen LogP contribution in [-0.4, -0.2) is 32.0 Å². The molecule has 0 bridgehead atoms. The number of aromatic nitrogens is 5. The highest BCUT2D eigenvalue weighted by atomic mass is 16.5. The fraction of sp³-hybridized carbons (Fsp3) is 0.286. The highest BCUT2D eigenvalue weighted by Gasteiger charge is 2.31. The van der Waals surface area contributed by atoms with Gasteiger partial charge < -0.3 is 9.72 Å². The number of fused-ring (bicyclic) bond motifs is 1. The number of hydrogen-bond donors (Lipinski definition) is 1. The molecular weight excluding hydrogens is 254 g/mol. The monoisotopic (exact) mass is 267 g/mol. The number of rotatable bonds is 3. The van der Waals surface area contributed by atoms with Gasteiger partial charge in [0, 0.05) is 23.7 Å². The van der Waals surface area contributed by atoms with Crippen molar-refractivity contribution in [3.63, 3.8) is 0 Å². The molecule has 6 nitrogen and oxygen atoms in total. The molecule has 0 unspecified atom stereocenters. The Hall–Kier alpha value is -2.50. The van der Waals surface area contributed by atoms with Crippen LogP contribution in [0.2, 0.25) is 0 Å². The van der Waals surface area contributed by atoms with Gasteiger partial charge in [-0.1, -0.05) is 0 Å². The van der Waals surface area contributed by atoms with Crippen LogP contribution in [0.25, 0.3) is 22.4 Å². The smallest absolute Gasteiger partial charge is 0.227 e. The first-order valence-electron chi connectivity index (χ1n) is 6.56. The third-order valence-electron chi connectivity index (χ3n) is 3.52. The van der Waals surface area contributed by atoms with Crippen LogP contribution in [0.1, 0.15) is 24.5 Å². The van der Waals surface area contributed by atoms with Crippen molar-refractivity contribution >= 4 is 11.0 Å². The molecule has 0 aromatic carbocycles. The van der Waals surface area contributed by atoms with Crippen LogP contribution in [0.15, 0.2) is 24.8 Å². The van der Waals surface area contributed by atoms with Gasteiger partial charge in [-0.25, -0.2) is 19.9 Å². The first kappa shape index (κ1) is 11.3. The van der Waals surface area contributed by atoms with Crippen LogP contribution in [0, 0.1) is 0 Å². The van der Waals surface area contributed by atoms with Crippen molar-refractivity contribution in [3.05, 3.63) is 30.5 Å². The van der Waals surface area contributed by atoms with E-state index in [1.807, 2.05) is 12.3 Å². The maximum Gasteiger partial charge on any atom is 0.227 e. The van der Waals surface area contributed by atoms with Gasteiger partial charge in [0.15, 0.2) is 5.82 Å². The number of nitrogens with zero attached hydrogens (tertiary/aromatic N) is 4. The second kappa shape index (κ2) is 4.26. The Morgan fingerprint density at radius 1 is 1.25 bits per heavy atom. The lowest BCUT2D eigenvalue weighted by atomic mass is 10.1. The van der Waals surface area contributed by atoms with Crippen molar-refractivity contribution in [2.45, 2.75) is 18.8 Å². The lowest BCUT2D eigenvalue weighted by Gasteiger charge is -2.10. The van der Waals surface area contributed by atoms with E-state index >= 15 is 0 Å². The highest BCUT2D eigenvalue weighted by molar-refractivity contribution is 5.77. The summed E-state index contributed by atoms with van der Waals surface area (Å²) in [6.45, 7) is 0. The van der Waals surface area contributed by atoms with E-state index in [9.17, 15) is 0 Å². The Kier molecular flexibility index (Phi) is 2.42. The lowest BCUT2D eigenvalue weighted by Crippen LogP contribution is -2.02. The average Bonchev–Trinajstić information content (AvgIpc) is 3.23. The number of methoxy groups -OCH3 is 1. The average molecular weight is 267 g/mol. The molecule has 4 rings (SSSR count). The summed E-state index contributed by atoms with van der Waals surface area (Å²) < 4.78 is 5.37. The van der Waals surface area contributed by atoms with Crippen LogP contribution in [0.5, 0.6) is 5.88 Å². The molecule has 3 aromatic heterocycles. The van der Waals surface area contributed by atoms with Gasteiger partial charge in [0.1, 0.15) is 17.5 Å².